The van der Waals surface area contributed by atoms with Gasteiger partial charge in [0.1, 0.15) is 4.88 Å². The summed E-state index contributed by atoms with van der Waals surface area (Å²) in [6.45, 7) is 2.14. The molecule has 2 heterocycles. The van der Waals surface area contributed by atoms with E-state index in [0.29, 0.717) is 11.5 Å². The zero-order valence-corrected chi connectivity index (χ0v) is 11.1. The van der Waals surface area contributed by atoms with Crippen molar-refractivity contribution in [1.29, 1.82) is 0 Å². The number of aliphatic hydroxyl groups excluding tert-OH is 1. The minimum atomic E-state index is -0.321. The van der Waals surface area contributed by atoms with Gasteiger partial charge in [0, 0.05) is 6.20 Å². The minimum Gasteiger partial charge on any atom is -0.462 e. The predicted octanol–water partition coefficient (Wildman–Crippen LogP) is 2.22. The smallest absolute Gasteiger partial charge is 0.349 e. The molecule has 1 N–H and O–H groups in total. The van der Waals surface area contributed by atoms with Crippen molar-refractivity contribution in [3.63, 3.8) is 0 Å². The number of hydrogen-bond acceptors (Lipinski definition) is 5. The molecule has 0 amide bonds. The average Bonchev–Trinajstić information content (AvgIpc) is 2.95. The molecular formula is C13H12N2O3S. The number of fused-ring (bicyclic) bond motifs is 3. The minimum absolute atomic E-state index is 0.00477. The quantitative estimate of drug-likeness (QED) is 0.745. The lowest BCUT2D eigenvalue weighted by molar-refractivity contribution is 0.0531. The largest absolute Gasteiger partial charge is 0.462 e. The van der Waals surface area contributed by atoms with Crippen LogP contribution in [0.1, 0.15) is 22.2 Å². The van der Waals surface area contributed by atoms with Gasteiger partial charge in [-0.25, -0.2) is 9.78 Å². The Morgan fingerprint density at radius 1 is 1.53 bits per heavy atom. The van der Waals surface area contributed by atoms with E-state index >= 15 is 0 Å². The summed E-state index contributed by atoms with van der Waals surface area (Å²) in [4.78, 5) is 17.4. The molecular weight excluding hydrogens is 264 g/mol. The zero-order valence-electron chi connectivity index (χ0n) is 10.3. The van der Waals surface area contributed by atoms with Crippen LogP contribution in [-0.4, -0.2) is 27.1 Å². The molecule has 19 heavy (non-hydrogen) atoms. The third-order valence-corrected chi connectivity index (χ3v) is 3.79. The van der Waals surface area contributed by atoms with Crippen molar-refractivity contribution in [1.82, 2.24) is 9.38 Å². The predicted molar refractivity (Wildman–Crippen MR) is 72.5 cm³/mol. The number of aromatic nitrogens is 2. The Bertz CT molecular complexity index is 760. The van der Waals surface area contributed by atoms with E-state index < -0.39 is 0 Å². The van der Waals surface area contributed by atoms with Crippen LogP contribution in [0.5, 0.6) is 0 Å². The highest BCUT2D eigenvalue weighted by Crippen LogP contribution is 2.25. The van der Waals surface area contributed by atoms with E-state index in [1.165, 1.54) is 11.3 Å². The van der Waals surface area contributed by atoms with Crippen molar-refractivity contribution in [3.8, 4) is 0 Å². The van der Waals surface area contributed by atoms with Crippen molar-refractivity contribution in [2.24, 2.45) is 0 Å². The molecule has 0 saturated heterocycles. The van der Waals surface area contributed by atoms with Crippen molar-refractivity contribution in [3.05, 3.63) is 34.8 Å². The van der Waals surface area contributed by atoms with Gasteiger partial charge in [0.05, 0.1) is 24.2 Å². The molecule has 1 aromatic carbocycles. The number of hydrogen-bond donors (Lipinski definition) is 1. The normalized spacial score (nSPS) is 11.3. The number of imidazole rings is 1. The molecule has 2 aromatic heterocycles. The standard InChI is InChI=1S/C13H12N2O3S/c1-2-18-12(17)11-6-15-10-4-3-8(7-16)5-9(10)14-13(15)19-11/h3-6,16H,2,7H2,1H3. The molecule has 0 atom stereocenters. The van der Waals surface area contributed by atoms with E-state index in [9.17, 15) is 4.79 Å². The Morgan fingerprint density at radius 2 is 2.37 bits per heavy atom. The fraction of sp³-hybridized carbons (Fsp3) is 0.231. The Kier molecular flexibility index (Phi) is 2.96. The van der Waals surface area contributed by atoms with E-state index in [4.69, 9.17) is 9.84 Å². The third kappa shape index (κ3) is 1.98. The van der Waals surface area contributed by atoms with Gasteiger partial charge in [0.2, 0.25) is 0 Å². The number of ether oxygens (including phenoxy) is 1. The number of thiazole rings is 1. The van der Waals surface area contributed by atoms with E-state index in [-0.39, 0.29) is 12.6 Å². The van der Waals surface area contributed by atoms with Crippen LogP contribution in [0.25, 0.3) is 16.0 Å². The molecule has 6 heteroatoms. The summed E-state index contributed by atoms with van der Waals surface area (Å²) in [6, 6.07) is 5.58. The van der Waals surface area contributed by atoms with Crippen LogP contribution in [0.4, 0.5) is 0 Å². The van der Waals surface area contributed by atoms with Gasteiger partial charge in [-0.1, -0.05) is 17.4 Å². The number of nitrogens with zero attached hydrogens (tertiary/aromatic N) is 2. The third-order valence-electron chi connectivity index (χ3n) is 2.83. The first-order chi connectivity index (χ1) is 9.22. The second-order valence-electron chi connectivity index (χ2n) is 4.06. The van der Waals surface area contributed by atoms with E-state index in [0.717, 1.165) is 21.6 Å². The van der Waals surface area contributed by atoms with Crippen LogP contribution in [0.15, 0.2) is 24.4 Å². The van der Waals surface area contributed by atoms with Crippen LogP contribution < -0.4 is 0 Å². The molecule has 0 bridgehead atoms. The van der Waals surface area contributed by atoms with Gasteiger partial charge < -0.3 is 9.84 Å². The molecule has 0 radical (unpaired) electrons. The lowest BCUT2D eigenvalue weighted by Gasteiger charge is -1.97. The molecule has 5 nitrogen and oxygen atoms in total. The number of benzene rings is 1. The highest BCUT2D eigenvalue weighted by Gasteiger charge is 2.14. The summed E-state index contributed by atoms with van der Waals surface area (Å²) < 4.78 is 6.84. The molecule has 0 aliphatic rings. The summed E-state index contributed by atoms with van der Waals surface area (Å²) in [5, 5.41) is 9.11. The monoisotopic (exact) mass is 276 g/mol. The van der Waals surface area contributed by atoms with Crippen molar-refractivity contribution in [2.45, 2.75) is 13.5 Å². The van der Waals surface area contributed by atoms with Crippen molar-refractivity contribution < 1.29 is 14.6 Å². The highest BCUT2D eigenvalue weighted by molar-refractivity contribution is 7.18. The van der Waals surface area contributed by atoms with E-state index in [1.807, 2.05) is 22.6 Å². The zero-order chi connectivity index (χ0) is 13.4. The molecule has 0 aliphatic carbocycles. The van der Waals surface area contributed by atoms with E-state index in [2.05, 4.69) is 4.98 Å². The van der Waals surface area contributed by atoms with Crippen LogP contribution in [-0.2, 0) is 11.3 Å². The lowest BCUT2D eigenvalue weighted by atomic mass is 10.2. The molecule has 0 unspecified atom stereocenters. The van der Waals surface area contributed by atoms with Gasteiger partial charge in [0.15, 0.2) is 4.96 Å². The van der Waals surface area contributed by atoms with Crippen molar-refractivity contribution >= 4 is 33.3 Å². The molecule has 98 valence electrons. The van der Waals surface area contributed by atoms with Gasteiger partial charge in [0.25, 0.3) is 0 Å². The summed E-state index contributed by atoms with van der Waals surface area (Å²) in [5.74, 6) is -0.321. The number of carbonyl (C=O) groups is 1. The van der Waals surface area contributed by atoms with E-state index in [1.54, 1.807) is 13.1 Å². The molecule has 0 aliphatic heterocycles. The van der Waals surface area contributed by atoms with Gasteiger partial charge >= 0.3 is 5.97 Å². The Morgan fingerprint density at radius 3 is 3.11 bits per heavy atom. The van der Waals surface area contributed by atoms with Crippen LogP contribution in [0.2, 0.25) is 0 Å². The Balaban J connectivity index is 2.12. The van der Waals surface area contributed by atoms with Crippen LogP contribution in [0.3, 0.4) is 0 Å². The topological polar surface area (TPSA) is 63.8 Å². The first kappa shape index (κ1) is 12.1. The summed E-state index contributed by atoms with van der Waals surface area (Å²) in [6.07, 6.45) is 1.74. The van der Waals surface area contributed by atoms with Gasteiger partial charge in [-0.3, -0.25) is 4.40 Å². The fourth-order valence-electron chi connectivity index (χ4n) is 1.96. The summed E-state index contributed by atoms with van der Waals surface area (Å²) >= 11 is 1.30. The summed E-state index contributed by atoms with van der Waals surface area (Å²) in [5.41, 5.74) is 2.55. The Hall–Kier alpha value is -1.92. The molecule has 0 saturated carbocycles. The Labute approximate surface area is 113 Å². The highest BCUT2D eigenvalue weighted by atomic mass is 32.1. The number of esters is 1. The van der Waals surface area contributed by atoms with Gasteiger partial charge in [-0.2, -0.15) is 0 Å². The maximum Gasteiger partial charge on any atom is 0.349 e. The second-order valence-corrected chi connectivity index (χ2v) is 5.07. The first-order valence-corrected chi connectivity index (χ1v) is 6.73. The molecule has 0 spiro atoms. The van der Waals surface area contributed by atoms with Crippen LogP contribution in [0, 0.1) is 0 Å². The van der Waals surface area contributed by atoms with Crippen LogP contribution >= 0.6 is 11.3 Å². The SMILES string of the molecule is CCOC(=O)c1cn2c(nc3cc(CO)ccc32)s1. The second kappa shape index (κ2) is 4.64. The van der Waals surface area contributed by atoms with Gasteiger partial charge in [-0.05, 0) is 24.6 Å². The number of rotatable bonds is 3. The molecule has 3 rings (SSSR count). The maximum atomic E-state index is 11.7. The fourth-order valence-corrected chi connectivity index (χ4v) is 2.85. The molecule has 3 aromatic rings. The maximum absolute atomic E-state index is 11.7. The number of carbonyl (C=O) groups excluding carboxylic acids is 1. The van der Waals surface area contributed by atoms with Gasteiger partial charge in [-0.15, -0.1) is 0 Å². The first-order valence-electron chi connectivity index (χ1n) is 5.91. The average molecular weight is 276 g/mol. The molecule has 0 fully saturated rings. The van der Waals surface area contributed by atoms with Crippen molar-refractivity contribution in [2.75, 3.05) is 6.61 Å². The number of aliphatic hydroxyl groups is 1. The lowest BCUT2D eigenvalue weighted by Crippen LogP contribution is -2.01. The summed E-state index contributed by atoms with van der Waals surface area (Å²) in [7, 11) is 0.